The zero-order chi connectivity index (χ0) is 15.9. The number of nitrogens with one attached hydrogen (secondary N) is 2. The molecule has 0 unspecified atom stereocenters. The van der Waals surface area contributed by atoms with E-state index in [1.54, 1.807) is 11.9 Å². The zero-order valence-corrected chi connectivity index (χ0v) is 14.3. The maximum atomic E-state index is 12.1. The summed E-state index contributed by atoms with van der Waals surface area (Å²) in [7, 11) is -0.0374. The van der Waals surface area contributed by atoms with Crippen molar-refractivity contribution in [1.29, 1.82) is 0 Å². The minimum Gasteiger partial charge on any atom is -0.340 e. The van der Waals surface area contributed by atoms with Gasteiger partial charge in [-0.05, 0) is 31.3 Å². The topological polar surface area (TPSA) is 78.5 Å². The fourth-order valence-electron chi connectivity index (χ4n) is 1.63. The van der Waals surface area contributed by atoms with Crippen molar-refractivity contribution < 1.29 is 13.2 Å². The van der Waals surface area contributed by atoms with E-state index in [4.69, 9.17) is 0 Å². The van der Waals surface area contributed by atoms with Crippen LogP contribution in [0, 0.1) is 0 Å². The Morgan fingerprint density at radius 3 is 2.41 bits per heavy atom. The Bertz CT molecular complexity index is 588. The van der Waals surface area contributed by atoms with Gasteiger partial charge in [0.1, 0.15) is 0 Å². The molecule has 124 valence electrons. The van der Waals surface area contributed by atoms with Gasteiger partial charge in [0, 0.05) is 32.2 Å². The fourth-order valence-corrected chi connectivity index (χ4v) is 2.63. The predicted molar refractivity (Wildman–Crippen MR) is 90.0 cm³/mol. The van der Waals surface area contributed by atoms with E-state index in [0.29, 0.717) is 18.7 Å². The quantitative estimate of drug-likeness (QED) is 0.684. The van der Waals surface area contributed by atoms with Crippen molar-refractivity contribution in [3.05, 3.63) is 42.5 Å². The number of nitrogens with zero attached hydrogens (tertiary/aromatic N) is 1. The number of halogens is 1. The van der Waals surface area contributed by atoms with Crippen LogP contribution in [0.4, 0.5) is 0 Å². The molecule has 0 saturated carbocycles. The molecule has 1 amide bonds. The number of likely N-dealkylation sites (N-methyl/N-ethyl adjacent to an activating group) is 2. The van der Waals surface area contributed by atoms with Crippen LogP contribution < -0.4 is 10.0 Å². The largest absolute Gasteiger partial charge is 0.340 e. The second-order valence-corrected chi connectivity index (χ2v) is 6.26. The molecule has 2 N–H and O–H groups in total. The van der Waals surface area contributed by atoms with Crippen molar-refractivity contribution in [2.75, 3.05) is 33.7 Å². The average Bonchev–Trinajstić information content (AvgIpc) is 2.50. The minimum absolute atomic E-state index is 0. The van der Waals surface area contributed by atoms with Crippen LogP contribution in [0.3, 0.4) is 0 Å². The van der Waals surface area contributed by atoms with Crippen LogP contribution in [-0.4, -0.2) is 53.0 Å². The van der Waals surface area contributed by atoms with Gasteiger partial charge in [-0.2, -0.15) is 0 Å². The lowest BCUT2D eigenvalue weighted by atomic mass is 10.2. The van der Waals surface area contributed by atoms with Crippen molar-refractivity contribution in [2.45, 2.75) is 4.90 Å². The monoisotopic (exact) mass is 347 g/mol. The molecule has 0 heterocycles. The van der Waals surface area contributed by atoms with Crippen LogP contribution in [0.1, 0.15) is 10.4 Å². The molecule has 0 fully saturated rings. The predicted octanol–water partition coefficient (Wildman–Crippen LogP) is 0.864. The number of sulfonamides is 1. The Balaban J connectivity index is 0.00000441. The first-order chi connectivity index (χ1) is 9.92. The summed E-state index contributed by atoms with van der Waals surface area (Å²) in [6.45, 7) is 4.89. The first kappa shape index (κ1) is 20.6. The lowest BCUT2D eigenvalue weighted by Gasteiger charge is -2.17. The van der Waals surface area contributed by atoms with Gasteiger partial charge in [-0.25, -0.2) is 13.1 Å². The number of amides is 1. The van der Waals surface area contributed by atoms with Gasteiger partial charge in [0.05, 0.1) is 4.90 Å². The maximum absolute atomic E-state index is 12.1. The number of hydrogen-bond donors (Lipinski definition) is 2. The van der Waals surface area contributed by atoms with E-state index in [1.807, 2.05) is 7.05 Å². The first-order valence-electron chi connectivity index (χ1n) is 6.53. The van der Waals surface area contributed by atoms with E-state index in [1.165, 1.54) is 30.3 Å². The molecule has 1 rings (SSSR count). The van der Waals surface area contributed by atoms with Gasteiger partial charge in [0.25, 0.3) is 5.91 Å². The Labute approximate surface area is 138 Å². The minimum atomic E-state index is -3.56. The molecule has 0 bridgehead atoms. The smallest absolute Gasteiger partial charge is 0.253 e. The standard InChI is InChI=1S/C14H21N3O3S.ClH/c1-4-9-16-21(19,20)13-7-5-12(6-8-13)14(18)17(3)11-10-15-2;/h4-8,15-16H,1,9-11H2,2-3H3;1H. The lowest BCUT2D eigenvalue weighted by molar-refractivity contribution is 0.0796. The number of rotatable bonds is 8. The highest BCUT2D eigenvalue weighted by Gasteiger charge is 2.15. The van der Waals surface area contributed by atoms with Gasteiger partial charge in [-0.15, -0.1) is 19.0 Å². The summed E-state index contributed by atoms with van der Waals surface area (Å²) in [5.41, 5.74) is 0.455. The number of carbonyl (C=O) groups excluding carboxylic acids is 1. The Morgan fingerprint density at radius 1 is 1.32 bits per heavy atom. The maximum Gasteiger partial charge on any atom is 0.253 e. The Kier molecular flexibility index (Phi) is 8.96. The molecular formula is C14H22ClN3O3S. The van der Waals surface area contributed by atoms with E-state index in [0.717, 1.165) is 0 Å². The summed E-state index contributed by atoms with van der Waals surface area (Å²) >= 11 is 0. The van der Waals surface area contributed by atoms with E-state index < -0.39 is 10.0 Å². The molecule has 0 atom stereocenters. The molecule has 6 nitrogen and oxygen atoms in total. The summed E-state index contributed by atoms with van der Waals surface area (Å²) in [6.07, 6.45) is 1.46. The molecule has 0 aliphatic rings. The van der Waals surface area contributed by atoms with Crippen LogP contribution in [0.2, 0.25) is 0 Å². The van der Waals surface area contributed by atoms with Crippen LogP contribution >= 0.6 is 12.4 Å². The third-order valence-electron chi connectivity index (χ3n) is 2.87. The molecule has 1 aromatic rings. The number of carbonyl (C=O) groups is 1. The van der Waals surface area contributed by atoms with E-state index in [-0.39, 0.29) is 29.8 Å². The van der Waals surface area contributed by atoms with Crippen LogP contribution in [0.5, 0.6) is 0 Å². The molecule has 22 heavy (non-hydrogen) atoms. The van der Waals surface area contributed by atoms with Crippen molar-refractivity contribution in [3.8, 4) is 0 Å². The molecule has 0 aromatic heterocycles. The van der Waals surface area contributed by atoms with Crippen molar-refractivity contribution in [1.82, 2.24) is 14.9 Å². The highest BCUT2D eigenvalue weighted by atomic mass is 35.5. The first-order valence-corrected chi connectivity index (χ1v) is 8.01. The van der Waals surface area contributed by atoms with Gasteiger partial charge in [-0.1, -0.05) is 6.08 Å². The summed E-state index contributed by atoms with van der Waals surface area (Å²) < 4.78 is 26.1. The number of hydrogen-bond acceptors (Lipinski definition) is 4. The Morgan fingerprint density at radius 2 is 1.91 bits per heavy atom. The van der Waals surface area contributed by atoms with Gasteiger partial charge in [-0.3, -0.25) is 4.79 Å². The van der Waals surface area contributed by atoms with Crippen molar-refractivity contribution in [3.63, 3.8) is 0 Å². The van der Waals surface area contributed by atoms with Gasteiger partial charge < -0.3 is 10.2 Å². The third kappa shape index (κ3) is 5.76. The zero-order valence-electron chi connectivity index (χ0n) is 12.7. The number of benzene rings is 1. The average molecular weight is 348 g/mol. The molecule has 0 aliphatic heterocycles. The summed E-state index contributed by atoms with van der Waals surface area (Å²) in [4.78, 5) is 13.8. The van der Waals surface area contributed by atoms with Gasteiger partial charge in [0.2, 0.25) is 10.0 Å². The second kappa shape index (κ2) is 9.58. The lowest BCUT2D eigenvalue weighted by Crippen LogP contribution is -2.32. The highest BCUT2D eigenvalue weighted by molar-refractivity contribution is 7.89. The second-order valence-electron chi connectivity index (χ2n) is 4.50. The third-order valence-corrected chi connectivity index (χ3v) is 4.31. The van der Waals surface area contributed by atoms with E-state index >= 15 is 0 Å². The van der Waals surface area contributed by atoms with Crippen LogP contribution in [0.25, 0.3) is 0 Å². The van der Waals surface area contributed by atoms with Crippen LogP contribution in [-0.2, 0) is 10.0 Å². The fraction of sp³-hybridized carbons (Fsp3) is 0.357. The van der Waals surface area contributed by atoms with E-state index in [2.05, 4.69) is 16.6 Å². The molecule has 0 aliphatic carbocycles. The molecule has 0 spiro atoms. The van der Waals surface area contributed by atoms with Crippen LogP contribution in [0.15, 0.2) is 41.8 Å². The Hall–Kier alpha value is -1.41. The van der Waals surface area contributed by atoms with Gasteiger partial charge >= 0.3 is 0 Å². The SMILES string of the molecule is C=CCNS(=O)(=O)c1ccc(C(=O)N(C)CCNC)cc1.Cl. The molecular weight excluding hydrogens is 326 g/mol. The van der Waals surface area contributed by atoms with Crippen molar-refractivity contribution in [2.24, 2.45) is 0 Å². The molecule has 8 heteroatoms. The summed E-state index contributed by atoms with van der Waals surface area (Å²) in [6, 6.07) is 5.87. The molecule has 0 saturated heterocycles. The summed E-state index contributed by atoms with van der Waals surface area (Å²) in [5.74, 6) is -0.145. The molecule has 1 aromatic carbocycles. The van der Waals surface area contributed by atoms with Crippen molar-refractivity contribution >= 4 is 28.3 Å². The summed E-state index contributed by atoms with van der Waals surface area (Å²) in [5, 5.41) is 2.96. The molecule has 0 radical (unpaired) electrons. The van der Waals surface area contributed by atoms with E-state index in [9.17, 15) is 13.2 Å². The normalized spacial score (nSPS) is 10.6. The van der Waals surface area contributed by atoms with Gasteiger partial charge in [0.15, 0.2) is 0 Å². The highest BCUT2D eigenvalue weighted by Crippen LogP contribution is 2.11.